The van der Waals surface area contributed by atoms with E-state index in [0.29, 0.717) is 6.61 Å². The van der Waals surface area contributed by atoms with Gasteiger partial charge >= 0.3 is 0 Å². The molecule has 1 rings (SSSR count). The van der Waals surface area contributed by atoms with Gasteiger partial charge in [0.1, 0.15) is 18.3 Å². The summed E-state index contributed by atoms with van der Waals surface area (Å²) in [5.41, 5.74) is 0. The Balaban J connectivity index is 2.63. The first-order valence-electron chi connectivity index (χ1n) is 6.07. The van der Waals surface area contributed by atoms with Crippen LogP contribution in [0.25, 0.3) is 0 Å². The number of ether oxygens (including phenoxy) is 2. The number of aliphatic hydroxyl groups is 3. The van der Waals surface area contributed by atoms with E-state index in [0.717, 1.165) is 12.8 Å². The molecular weight excluding hydrogens is 226 g/mol. The van der Waals surface area contributed by atoms with Crippen LogP contribution in [0.5, 0.6) is 0 Å². The normalized spacial score (nSPS) is 38.3. The summed E-state index contributed by atoms with van der Waals surface area (Å²) < 4.78 is 10.7. The van der Waals surface area contributed by atoms with Crippen molar-refractivity contribution in [3.63, 3.8) is 0 Å². The number of nitrogens with one attached hydrogen (secondary N) is 1. The van der Waals surface area contributed by atoms with Crippen molar-refractivity contribution in [2.24, 2.45) is 0 Å². The highest BCUT2D eigenvalue weighted by molar-refractivity contribution is 4.93. The summed E-state index contributed by atoms with van der Waals surface area (Å²) in [6.45, 7) is 2.22. The van der Waals surface area contributed by atoms with Crippen LogP contribution < -0.4 is 5.32 Å². The third-order valence-electron chi connectivity index (χ3n) is 3.01. The maximum absolute atomic E-state index is 9.99. The first kappa shape index (κ1) is 14.8. The maximum atomic E-state index is 9.99. The Morgan fingerprint density at radius 1 is 1.35 bits per heavy atom. The van der Waals surface area contributed by atoms with E-state index < -0.39 is 30.6 Å². The summed E-state index contributed by atoms with van der Waals surface area (Å²) in [4.78, 5) is 0. The molecule has 0 aromatic carbocycles. The van der Waals surface area contributed by atoms with Crippen molar-refractivity contribution in [3.8, 4) is 0 Å². The fourth-order valence-corrected chi connectivity index (χ4v) is 1.95. The third kappa shape index (κ3) is 3.61. The number of unbranched alkanes of at least 4 members (excludes halogenated alkanes) is 1. The molecule has 0 bridgehead atoms. The van der Waals surface area contributed by atoms with E-state index >= 15 is 0 Å². The standard InChI is InChI=1S/C11H23NO5/c1-3-4-5-16-10-8(12-2)11(15)17-7(6-13)9(10)14/h7-15H,3-6H2,1-2H3/t7?,8?,9?,10?,11-/m0/s1. The fraction of sp³-hybridized carbons (Fsp3) is 1.00. The molecule has 4 unspecified atom stereocenters. The Hall–Kier alpha value is -0.240. The van der Waals surface area contributed by atoms with Crippen LogP contribution in [0.1, 0.15) is 19.8 Å². The van der Waals surface area contributed by atoms with Gasteiger partial charge in [0.15, 0.2) is 6.29 Å². The van der Waals surface area contributed by atoms with Crippen LogP contribution in [0.4, 0.5) is 0 Å². The summed E-state index contributed by atoms with van der Waals surface area (Å²) in [6, 6.07) is -0.496. The van der Waals surface area contributed by atoms with Crippen LogP contribution >= 0.6 is 0 Å². The maximum Gasteiger partial charge on any atom is 0.173 e. The zero-order valence-corrected chi connectivity index (χ0v) is 10.4. The summed E-state index contributed by atoms with van der Waals surface area (Å²) in [6.07, 6.45) is -1.53. The molecule has 0 radical (unpaired) electrons. The molecular formula is C11H23NO5. The van der Waals surface area contributed by atoms with E-state index in [1.165, 1.54) is 0 Å². The minimum atomic E-state index is -1.09. The SMILES string of the molecule is CCCCOC1C(O)C(CO)O[C@H](O)C1NC. The lowest BCUT2D eigenvalue weighted by molar-refractivity contribution is -0.262. The van der Waals surface area contributed by atoms with E-state index in [1.807, 2.05) is 6.92 Å². The highest BCUT2D eigenvalue weighted by Crippen LogP contribution is 2.22. The van der Waals surface area contributed by atoms with Crippen molar-refractivity contribution in [1.82, 2.24) is 5.32 Å². The molecule has 0 spiro atoms. The molecule has 1 saturated heterocycles. The van der Waals surface area contributed by atoms with Gasteiger partial charge in [-0.05, 0) is 13.5 Å². The van der Waals surface area contributed by atoms with Gasteiger partial charge < -0.3 is 30.1 Å². The smallest absolute Gasteiger partial charge is 0.173 e. The lowest BCUT2D eigenvalue weighted by atomic mass is 9.97. The Bertz CT molecular complexity index is 216. The minimum Gasteiger partial charge on any atom is -0.394 e. The molecule has 6 nitrogen and oxygen atoms in total. The molecule has 1 aliphatic rings. The molecule has 1 fully saturated rings. The third-order valence-corrected chi connectivity index (χ3v) is 3.01. The Morgan fingerprint density at radius 3 is 2.59 bits per heavy atom. The molecule has 5 atom stereocenters. The molecule has 4 N–H and O–H groups in total. The Labute approximate surface area is 102 Å². The van der Waals surface area contributed by atoms with Gasteiger partial charge in [0.25, 0.3) is 0 Å². The molecule has 1 aliphatic heterocycles. The molecule has 0 aromatic rings. The second-order valence-electron chi connectivity index (χ2n) is 4.24. The highest BCUT2D eigenvalue weighted by Gasteiger charge is 2.44. The number of aliphatic hydroxyl groups excluding tert-OH is 3. The number of rotatable bonds is 6. The van der Waals surface area contributed by atoms with Gasteiger partial charge in [-0.25, -0.2) is 0 Å². The Morgan fingerprint density at radius 2 is 2.06 bits per heavy atom. The lowest BCUT2D eigenvalue weighted by Gasteiger charge is -2.42. The van der Waals surface area contributed by atoms with Crippen molar-refractivity contribution >= 4 is 0 Å². The van der Waals surface area contributed by atoms with Gasteiger partial charge in [0.05, 0.1) is 12.6 Å². The molecule has 1 heterocycles. The van der Waals surface area contributed by atoms with Gasteiger partial charge in [-0.3, -0.25) is 0 Å². The van der Waals surface area contributed by atoms with Crippen molar-refractivity contribution in [2.45, 2.75) is 50.4 Å². The van der Waals surface area contributed by atoms with Crippen LogP contribution in [0.15, 0.2) is 0 Å². The number of hydrogen-bond acceptors (Lipinski definition) is 6. The molecule has 17 heavy (non-hydrogen) atoms. The van der Waals surface area contributed by atoms with Gasteiger partial charge in [-0.15, -0.1) is 0 Å². The topological polar surface area (TPSA) is 91.2 Å². The summed E-state index contributed by atoms with van der Waals surface area (Å²) in [5.74, 6) is 0. The predicted molar refractivity (Wildman–Crippen MR) is 61.5 cm³/mol. The molecule has 102 valence electrons. The number of hydrogen-bond donors (Lipinski definition) is 4. The summed E-state index contributed by atoms with van der Waals surface area (Å²) >= 11 is 0. The molecule has 0 aliphatic carbocycles. The van der Waals surface area contributed by atoms with Crippen molar-refractivity contribution in [3.05, 3.63) is 0 Å². The van der Waals surface area contributed by atoms with Crippen LogP contribution in [0, 0.1) is 0 Å². The van der Waals surface area contributed by atoms with E-state index in [4.69, 9.17) is 14.6 Å². The van der Waals surface area contributed by atoms with Crippen LogP contribution in [0.2, 0.25) is 0 Å². The van der Waals surface area contributed by atoms with Gasteiger partial charge in [-0.1, -0.05) is 13.3 Å². The summed E-state index contributed by atoms with van der Waals surface area (Å²) in [7, 11) is 1.67. The first-order valence-corrected chi connectivity index (χ1v) is 6.07. The van der Waals surface area contributed by atoms with Crippen molar-refractivity contribution in [2.75, 3.05) is 20.3 Å². The second kappa shape index (κ2) is 7.25. The van der Waals surface area contributed by atoms with Crippen molar-refractivity contribution in [1.29, 1.82) is 0 Å². The zero-order chi connectivity index (χ0) is 12.8. The quantitative estimate of drug-likeness (QED) is 0.443. The van der Waals surface area contributed by atoms with E-state index in [-0.39, 0.29) is 6.61 Å². The second-order valence-corrected chi connectivity index (χ2v) is 4.24. The van der Waals surface area contributed by atoms with Gasteiger partial charge in [0, 0.05) is 6.61 Å². The van der Waals surface area contributed by atoms with Crippen LogP contribution in [-0.4, -0.2) is 66.2 Å². The first-order chi connectivity index (χ1) is 8.15. The highest BCUT2D eigenvalue weighted by atomic mass is 16.6. The van der Waals surface area contributed by atoms with Crippen LogP contribution in [-0.2, 0) is 9.47 Å². The Kier molecular flexibility index (Phi) is 6.32. The van der Waals surface area contributed by atoms with E-state index in [1.54, 1.807) is 7.05 Å². The van der Waals surface area contributed by atoms with E-state index in [9.17, 15) is 10.2 Å². The minimum absolute atomic E-state index is 0.345. The molecule has 0 saturated carbocycles. The largest absolute Gasteiger partial charge is 0.394 e. The fourth-order valence-electron chi connectivity index (χ4n) is 1.95. The summed E-state index contributed by atoms with van der Waals surface area (Å²) in [5, 5.41) is 31.6. The molecule has 0 aromatic heterocycles. The van der Waals surface area contributed by atoms with Gasteiger partial charge in [0.2, 0.25) is 0 Å². The average molecular weight is 249 g/mol. The lowest BCUT2D eigenvalue weighted by Crippen LogP contribution is -2.63. The number of likely N-dealkylation sites (N-methyl/N-ethyl adjacent to an activating group) is 1. The molecule has 6 heteroatoms. The van der Waals surface area contributed by atoms with E-state index in [2.05, 4.69) is 5.32 Å². The predicted octanol–water partition coefficient (Wildman–Crippen LogP) is -1.17. The zero-order valence-electron chi connectivity index (χ0n) is 10.4. The van der Waals surface area contributed by atoms with Crippen LogP contribution in [0.3, 0.4) is 0 Å². The molecule has 0 amide bonds. The monoisotopic (exact) mass is 249 g/mol. The van der Waals surface area contributed by atoms with Crippen molar-refractivity contribution < 1.29 is 24.8 Å². The average Bonchev–Trinajstić information content (AvgIpc) is 2.33. The van der Waals surface area contributed by atoms with Gasteiger partial charge in [-0.2, -0.15) is 0 Å².